The van der Waals surface area contributed by atoms with Gasteiger partial charge in [0, 0.05) is 61.1 Å². The molecule has 1 fully saturated rings. The molecule has 4 aromatic rings. The number of aryl methyl sites for hydroxylation is 1. The first-order valence-electron chi connectivity index (χ1n) is 10.9. The van der Waals surface area contributed by atoms with Crippen molar-refractivity contribution in [2.45, 2.75) is 18.2 Å². The van der Waals surface area contributed by atoms with E-state index >= 15 is 0 Å². The Morgan fingerprint density at radius 1 is 1.09 bits per heavy atom. The maximum Gasteiger partial charge on any atom is 0.245 e. The highest BCUT2D eigenvalue weighted by Crippen LogP contribution is 2.26. The van der Waals surface area contributed by atoms with Gasteiger partial charge in [0.25, 0.3) is 0 Å². The lowest BCUT2D eigenvalue weighted by molar-refractivity contribution is -0.131. The molecule has 0 atom stereocenters. The lowest BCUT2D eigenvalue weighted by Gasteiger charge is -2.34. The number of benzene rings is 1. The normalized spacial score (nSPS) is 15.0. The Morgan fingerprint density at radius 3 is 2.68 bits per heavy atom. The molecule has 5 rings (SSSR count). The van der Waals surface area contributed by atoms with Crippen LogP contribution >= 0.6 is 11.3 Å². The van der Waals surface area contributed by atoms with Gasteiger partial charge in [0.05, 0.1) is 17.6 Å². The molecule has 0 spiro atoms. The molecular formula is C24H23N5O3S2. The van der Waals surface area contributed by atoms with E-state index in [1.165, 1.54) is 15.6 Å². The van der Waals surface area contributed by atoms with E-state index in [1.807, 2.05) is 36.6 Å². The zero-order valence-electron chi connectivity index (χ0n) is 18.6. The summed E-state index contributed by atoms with van der Waals surface area (Å²) >= 11 is 1.48. The summed E-state index contributed by atoms with van der Waals surface area (Å²) in [6.45, 7) is 3.10. The highest BCUT2D eigenvalue weighted by atomic mass is 32.2. The Kier molecular flexibility index (Phi) is 6.11. The maximum atomic E-state index is 13.4. The number of hydrogen-bond donors (Lipinski definition) is 0. The summed E-state index contributed by atoms with van der Waals surface area (Å²) in [5, 5.41) is 3.51. The summed E-state index contributed by atoms with van der Waals surface area (Å²) in [7, 11) is -3.72. The number of pyridine rings is 2. The van der Waals surface area contributed by atoms with Crippen LogP contribution in [0.2, 0.25) is 0 Å². The summed E-state index contributed by atoms with van der Waals surface area (Å²) in [4.78, 5) is 27.8. The molecule has 10 heteroatoms. The standard InChI is InChI=1S/C24H23N5O3S2/c1-17-12-18-4-2-6-21(23(18)26-14-17)34(31,32)29-10-8-28(9-11-29)22(30)13-20-16-33-24(27-20)19-5-3-7-25-15-19/h2-7,12,14-16H,8-11,13H2,1H3. The molecule has 1 aliphatic rings. The first-order chi connectivity index (χ1) is 16.4. The fourth-order valence-corrected chi connectivity index (χ4v) is 6.44. The van der Waals surface area contributed by atoms with Gasteiger partial charge in [-0.3, -0.25) is 14.8 Å². The van der Waals surface area contributed by atoms with Crippen LogP contribution in [0.5, 0.6) is 0 Å². The van der Waals surface area contributed by atoms with E-state index in [0.29, 0.717) is 24.3 Å². The first kappa shape index (κ1) is 22.6. The van der Waals surface area contributed by atoms with Crippen LogP contribution in [0.1, 0.15) is 11.3 Å². The smallest absolute Gasteiger partial charge is 0.245 e. The van der Waals surface area contributed by atoms with Gasteiger partial charge >= 0.3 is 0 Å². The van der Waals surface area contributed by atoms with Gasteiger partial charge in [-0.2, -0.15) is 4.31 Å². The largest absolute Gasteiger partial charge is 0.340 e. The minimum absolute atomic E-state index is 0.0533. The van der Waals surface area contributed by atoms with E-state index in [-0.39, 0.29) is 30.3 Å². The van der Waals surface area contributed by atoms with Crippen LogP contribution in [0.4, 0.5) is 0 Å². The van der Waals surface area contributed by atoms with Crippen molar-refractivity contribution >= 4 is 38.2 Å². The fourth-order valence-electron chi connectivity index (χ4n) is 4.04. The minimum atomic E-state index is -3.72. The van der Waals surface area contributed by atoms with Crippen LogP contribution in [0.15, 0.2) is 65.3 Å². The van der Waals surface area contributed by atoms with Crippen molar-refractivity contribution in [3.63, 3.8) is 0 Å². The van der Waals surface area contributed by atoms with E-state index < -0.39 is 10.0 Å². The zero-order valence-corrected chi connectivity index (χ0v) is 20.2. The second-order valence-electron chi connectivity index (χ2n) is 8.19. The average Bonchev–Trinajstić information content (AvgIpc) is 3.32. The van der Waals surface area contributed by atoms with E-state index in [4.69, 9.17) is 0 Å². The number of nitrogens with zero attached hydrogens (tertiary/aromatic N) is 5. The summed E-state index contributed by atoms with van der Waals surface area (Å²) in [5.41, 5.74) is 3.07. The van der Waals surface area contributed by atoms with E-state index in [9.17, 15) is 13.2 Å². The number of amides is 1. The number of sulfonamides is 1. The number of thiazole rings is 1. The Labute approximate surface area is 202 Å². The van der Waals surface area contributed by atoms with E-state index in [2.05, 4.69) is 15.0 Å². The Bertz CT molecular complexity index is 1450. The quantitative estimate of drug-likeness (QED) is 0.424. The van der Waals surface area contributed by atoms with Crippen molar-refractivity contribution in [2.24, 2.45) is 0 Å². The van der Waals surface area contributed by atoms with Gasteiger partial charge in [-0.25, -0.2) is 13.4 Å². The molecule has 1 amide bonds. The predicted octanol–water partition coefficient (Wildman–Crippen LogP) is 3.14. The number of para-hydroxylation sites is 1. The lowest BCUT2D eigenvalue weighted by Crippen LogP contribution is -2.50. The van der Waals surface area contributed by atoms with Crippen molar-refractivity contribution in [2.75, 3.05) is 26.2 Å². The Balaban J connectivity index is 1.25. The molecule has 0 radical (unpaired) electrons. The number of piperazine rings is 1. The Morgan fingerprint density at radius 2 is 1.91 bits per heavy atom. The van der Waals surface area contributed by atoms with Crippen molar-refractivity contribution in [3.8, 4) is 10.6 Å². The van der Waals surface area contributed by atoms with Crippen molar-refractivity contribution < 1.29 is 13.2 Å². The number of hydrogen-bond acceptors (Lipinski definition) is 7. The van der Waals surface area contributed by atoms with E-state index in [1.54, 1.807) is 35.6 Å². The molecule has 3 aromatic heterocycles. The average molecular weight is 494 g/mol. The molecule has 1 aliphatic heterocycles. The van der Waals surface area contributed by atoms with Crippen molar-refractivity contribution in [1.82, 2.24) is 24.2 Å². The summed E-state index contributed by atoms with van der Waals surface area (Å²) in [5.74, 6) is -0.0533. The van der Waals surface area contributed by atoms with Gasteiger partial charge in [0.15, 0.2) is 0 Å². The maximum absolute atomic E-state index is 13.4. The van der Waals surface area contributed by atoms with Gasteiger partial charge in [-0.15, -0.1) is 11.3 Å². The van der Waals surface area contributed by atoms with Crippen LogP contribution in [0.3, 0.4) is 0 Å². The predicted molar refractivity (Wildman–Crippen MR) is 131 cm³/mol. The molecule has 0 saturated carbocycles. The van der Waals surface area contributed by atoms with Crippen molar-refractivity contribution in [1.29, 1.82) is 0 Å². The molecule has 1 aromatic carbocycles. The molecule has 0 aliphatic carbocycles. The molecule has 0 unspecified atom stereocenters. The van der Waals surface area contributed by atoms with Crippen LogP contribution in [-0.4, -0.2) is 64.7 Å². The summed E-state index contributed by atoms with van der Waals surface area (Å²) in [6.07, 6.45) is 5.32. The number of rotatable bonds is 5. The van der Waals surface area contributed by atoms with Gasteiger partial charge < -0.3 is 4.90 Å². The highest BCUT2D eigenvalue weighted by molar-refractivity contribution is 7.89. The zero-order chi connectivity index (χ0) is 23.7. The molecular weight excluding hydrogens is 470 g/mol. The third-order valence-electron chi connectivity index (χ3n) is 5.81. The molecule has 0 N–H and O–H groups in total. The van der Waals surface area contributed by atoms with Crippen molar-refractivity contribution in [3.05, 3.63) is 71.6 Å². The molecule has 174 valence electrons. The number of carbonyl (C=O) groups excluding carboxylic acids is 1. The highest BCUT2D eigenvalue weighted by Gasteiger charge is 2.31. The summed E-state index contributed by atoms with van der Waals surface area (Å²) in [6, 6.07) is 10.9. The van der Waals surface area contributed by atoms with Crippen LogP contribution in [0.25, 0.3) is 21.5 Å². The second kappa shape index (κ2) is 9.21. The number of carbonyl (C=O) groups is 1. The number of aromatic nitrogens is 3. The molecule has 34 heavy (non-hydrogen) atoms. The minimum Gasteiger partial charge on any atom is -0.340 e. The van der Waals surface area contributed by atoms with E-state index in [0.717, 1.165) is 21.5 Å². The topological polar surface area (TPSA) is 96.4 Å². The summed E-state index contributed by atoms with van der Waals surface area (Å²) < 4.78 is 28.2. The molecule has 1 saturated heterocycles. The van der Waals surface area contributed by atoms with Crippen LogP contribution < -0.4 is 0 Å². The fraction of sp³-hybridized carbons (Fsp3) is 0.250. The third-order valence-corrected chi connectivity index (χ3v) is 8.68. The first-order valence-corrected chi connectivity index (χ1v) is 13.2. The van der Waals surface area contributed by atoms with Crippen LogP contribution in [-0.2, 0) is 21.2 Å². The Hall–Kier alpha value is -3.21. The van der Waals surface area contributed by atoms with Gasteiger partial charge in [-0.1, -0.05) is 12.1 Å². The van der Waals surface area contributed by atoms with Gasteiger partial charge in [0.2, 0.25) is 15.9 Å². The molecule has 0 bridgehead atoms. The SMILES string of the molecule is Cc1cnc2c(S(=O)(=O)N3CCN(C(=O)Cc4csc(-c5cccnc5)n4)CC3)cccc2c1. The van der Waals surface area contributed by atoms with Gasteiger partial charge in [0.1, 0.15) is 9.90 Å². The third kappa shape index (κ3) is 4.44. The number of fused-ring (bicyclic) bond motifs is 1. The van der Waals surface area contributed by atoms with Crippen LogP contribution in [0, 0.1) is 6.92 Å². The monoisotopic (exact) mass is 493 g/mol. The second-order valence-corrected chi connectivity index (χ2v) is 11.0. The molecule has 4 heterocycles. The van der Waals surface area contributed by atoms with Gasteiger partial charge in [-0.05, 0) is 36.8 Å². The molecule has 8 nitrogen and oxygen atoms in total. The lowest BCUT2D eigenvalue weighted by atomic mass is 10.2.